The molecule has 2 unspecified atom stereocenters. The minimum Gasteiger partial charge on any atom is -0.370 e. The van der Waals surface area contributed by atoms with Gasteiger partial charge in [-0.2, -0.15) is 0 Å². The highest BCUT2D eigenvalue weighted by Gasteiger charge is 2.20. The van der Waals surface area contributed by atoms with Gasteiger partial charge in [-0.15, -0.1) is 0 Å². The second-order valence-corrected chi connectivity index (χ2v) is 4.07. The van der Waals surface area contributed by atoms with Crippen molar-refractivity contribution in [3.8, 4) is 0 Å². The predicted molar refractivity (Wildman–Crippen MR) is 67.8 cm³/mol. The molecule has 0 amide bonds. The molecule has 1 aliphatic carbocycles. The fourth-order valence-corrected chi connectivity index (χ4v) is 2.17. The van der Waals surface area contributed by atoms with E-state index in [4.69, 9.17) is 11.5 Å². The van der Waals surface area contributed by atoms with Gasteiger partial charge in [-0.1, -0.05) is 40.0 Å². The molecule has 4 N–H and O–H groups in total. The molecule has 0 bridgehead atoms. The number of hydrogen-bond donors (Lipinski definition) is 2. The first kappa shape index (κ1) is 14.3. The van der Waals surface area contributed by atoms with Crippen LogP contribution in [0.3, 0.4) is 0 Å². The van der Waals surface area contributed by atoms with Gasteiger partial charge in [0.15, 0.2) is 5.96 Å². The van der Waals surface area contributed by atoms with E-state index in [1.807, 2.05) is 13.8 Å². The van der Waals surface area contributed by atoms with E-state index >= 15 is 0 Å². The van der Waals surface area contributed by atoms with Crippen molar-refractivity contribution < 1.29 is 0 Å². The third-order valence-corrected chi connectivity index (χ3v) is 3.00. The van der Waals surface area contributed by atoms with E-state index in [1.165, 1.54) is 32.1 Å². The van der Waals surface area contributed by atoms with Crippen molar-refractivity contribution in [3.05, 3.63) is 0 Å². The topological polar surface area (TPSA) is 64.4 Å². The van der Waals surface area contributed by atoms with Crippen molar-refractivity contribution in [1.29, 1.82) is 0 Å². The Morgan fingerprint density at radius 1 is 1.20 bits per heavy atom. The molecule has 2 atom stereocenters. The SMILES string of the molecule is CC.CCC1CCCC(CN=C(N)N)C1. The van der Waals surface area contributed by atoms with E-state index in [2.05, 4.69) is 11.9 Å². The summed E-state index contributed by atoms with van der Waals surface area (Å²) < 4.78 is 0. The van der Waals surface area contributed by atoms with E-state index in [0.29, 0.717) is 0 Å². The van der Waals surface area contributed by atoms with E-state index < -0.39 is 0 Å². The molecular weight excluding hydrogens is 186 g/mol. The largest absolute Gasteiger partial charge is 0.370 e. The highest BCUT2D eigenvalue weighted by atomic mass is 15.0. The van der Waals surface area contributed by atoms with E-state index in [-0.39, 0.29) is 5.96 Å². The minimum atomic E-state index is 0.235. The Hall–Kier alpha value is -0.730. The molecule has 1 aliphatic rings. The molecule has 0 heterocycles. The lowest BCUT2D eigenvalue weighted by molar-refractivity contribution is 0.266. The molecule has 0 aromatic carbocycles. The Labute approximate surface area is 94.3 Å². The Kier molecular flexibility index (Phi) is 8.15. The first-order valence-electron chi connectivity index (χ1n) is 6.27. The summed E-state index contributed by atoms with van der Waals surface area (Å²) in [5, 5.41) is 0. The van der Waals surface area contributed by atoms with Gasteiger partial charge in [0.05, 0.1) is 0 Å². The van der Waals surface area contributed by atoms with Crippen LogP contribution in [-0.4, -0.2) is 12.5 Å². The van der Waals surface area contributed by atoms with Gasteiger partial charge >= 0.3 is 0 Å². The molecule has 15 heavy (non-hydrogen) atoms. The van der Waals surface area contributed by atoms with Crippen LogP contribution in [0.1, 0.15) is 52.9 Å². The zero-order valence-corrected chi connectivity index (χ0v) is 10.5. The van der Waals surface area contributed by atoms with Crippen molar-refractivity contribution in [2.75, 3.05) is 6.54 Å². The molecule has 0 saturated heterocycles. The Morgan fingerprint density at radius 2 is 1.80 bits per heavy atom. The third-order valence-electron chi connectivity index (χ3n) is 3.00. The molecule has 0 spiro atoms. The summed E-state index contributed by atoms with van der Waals surface area (Å²) in [6, 6.07) is 0. The van der Waals surface area contributed by atoms with Crippen LogP contribution in [-0.2, 0) is 0 Å². The van der Waals surface area contributed by atoms with Gasteiger partial charge in [-0.05, 0) is 24.7 Å². The molecule has 0 aromatic heterocycles. The standard InChI is InChI=1S/C10H21N3.C2H6/c1-2-8-4-3-5-9(6-8)7-13-10(11)12;1-2/h8-9H,2-7H2,1H3,(H4,11,12,13);1-2H3. The van der Waals surface area contributed by atoms with Crippen LogP contribution in [0.4, 0.5) is 0 Å². The first-order chi connectivity index (χ1) is 7.22. The average Bonchev–Trinajstić information content (AvgIpc) is 2.29. The average molecular weight is 213 g/mol. The fourth-order valence-electron chi connectivity index (χ4n) is 2.17. The second-order valence-electron chi connectivity index (χ2n) is 4.07. The Bertz CT molecular complexity index is 174. The van der Waals surface area contributed by atoms with Gasteiger partial charge in [0.1, 0.15) is 0 Å². The number of rotatable bonds is 3. The zero-order chi connectivity index (χ0) is 11.7. The number of nitrogens with zero attached hydrogens (tertiary/aromatic N) is 1. The van der Waals surface area contributed by atoms with Crippen LogP contribution >= 0.6 is 0 Å². The Balaban J connectivity index is 0.000000921. The number of hydrogen-bond acceptors (Lipinski definition) is 1. The molecule has 3 heteroatoms. The minimum absolute atomic E-state index is 0.235. The van der Waals surface area contributed by atoms with Crippen LogP contribution in [0.25, 0.3) is 0 Å². The van der Waals surface area contributed by atoms with Gasteiger partial charge in [0, 0.05) is 6.54 Å². The van der Waals surface area contributed by atoms with Crippen molar-refractivity contribution in [2.45, 2.75) is 52.9 Å². The maximum atomic E-state index is 5.30. The summed E-state index contributed by atoms with van der Waals surface area (Å²) in [7, 11) is 0. The van der Waals surface area contributed by atoms with E-state index in [1.54, 1.807) is 0 Å². The molecule has 1 rings (SSSR count). The fraction of sp³-hybridized carbons (Fsp3) is 0.917. The van der Waals surface area contributed by atoms with Crippen molar-refractivity contribution in [2.24, 2.45) is 28.3 Å². The molecule has 0 aromatic rings. The van der Waals surface area contributed by atoms with Crippen molar-refractivity contribution in [1.82, 2.24) is 0 Å². The van der Waals surface area contributed by atoms with Crippen LogP contribution in [0.15, 0.2) is 4.99 Å². The lowest BCUT2D eigenvalue weighted by atomic mass is 9.80. The maximum absolute atomic E-state index is 5.30. The van der Waals surface area contributed by atoms with Crippen LogP contribution in [0, 0.1) is 11.8 Å². The predicted octanol–water partition coefficient (Wildman–Crippen LogP) is 2.50. The number of guanidine groups is 1. The molecule has 3 nitrogen and oxygen atoms in total. The zero-order valence-electron chi connectivity index (χ0n) is 10.5. The summed E-state index contributed by atoms with van der Waals surface area (Å²) in [4.78, 5) is 4.09. The summed E-state index contributed by atoms with van der Waals surface area (Å²) in [6.45, 7) is 7.10. The molecule has 1 saturated carbocycles. The van der Waals surface area contributed by atoms with E-state index in [9.17, 15) is 0 Å². The normalized spacial score (nSPS) is 25.0. The molecule has 90 valence electrons. The molecule has 0 radical (unpaired) electrons. The highest BCUT2D eigenvalue weighted by molar-refractivity contribution is 5.75. The summed E-state index contributed by atoms with van der Waals surface area (Å²) in [5.41, 5.74) is 10.6. The van der Waals surface area contributed by atoms with Gasteiger partial charge in [-0.25, -0.2) is 0 Å². The lowest BCUT2D eigenvalue weighted by Crippen LogP contribution is -2.25. The number of nitrogens with two attached hydrogens (primary N) is 2. The lowest BCUT2D eigenvalue weighted by Gasteiger charge is -2.27. The summed E-state index contributed by atoms with van der Waals surface area (Å²) >= 11 is 0. The monoisotopic (exact) mass is 213 g/mol. The number of aliphatic imine (C=N–C) groups is 1. The van der Waals surface area contributed by atoms with Crippen molar-refractivity contribution >= 4 is 5.96 Å². The van der Waals surface area contributed by atoms with Gasteiger partial charge < -0.3 is 11.5 Å². The Morgan fingerprint density at radius 3 is 2.33 bits per heavy atom. The maximum Gasteiger partial charge on any atom is 0.185 e. The third kappa shape index (κ3) is 6.37. The van der Waals surface area contributed by atoms with Gasteiger partial charge in [0.2, 0.25) is 0 Å². The van der Waals surface area contributed by atoms with Crippen LogP contribution in [0.5, 0.6) is 0 Å². The van der Waals surface area contributed by atoms with Crippen molar-refractivity contribution in [3.63, 3.8) is 0 Å². The smallest absolute Gasteiger partial charge is 0.185 e. The molecule has 1 fully saturated rings. The summed E-state index contributed by atoms with van der Waals surface area (Å²) in [6.07, 6.45) is 6.66. The first-order valence-corrected chi connectivity index (χ1v) is 6.27. The molecular formula is C12H27N3. The quantitative estimate of drug-likeness (QED) is 0.559. The highest BCUT2D eigenvalue weighted by Crippen LogP contribution is 2.30. The second kappa shape index (κ2) is 8.57. The molecule has 0 aliphatic heterocycles. The van der Waals surface area contributed by atoms with E-state index in [0.717, 1.165) is 18.4 Å². The summed E-state index contributed by atoms with van der Waals surface area (Å²) in [5.74, 6) is 1.87. The van der Waals surface area contributed by atoms with Crippen LogP contribution < -0.4 is 11.5 Å². The van der Waals surface area contributed by atoms with Gasteiger partial charge in [-0.3, -0.25) is 4.99 Å². The van der Waals surface area contributed by atoms with Crippen LogP contribution in [0.2, 0.25) is 0 Å². The van der Waals surface area contributed by atoms with Gasteiger partial charge in [0.25, 0.3) is 0 Å².